The fourth-order valence-electron chi connectivity index (χ4n) is 1.69. The van der Waals surface area contributed by atoms with Gasteiger partial charge in [-0.2, -0.15) is 0 Å². The monoisotopic (exact) mass is 511 g/mol. The van der Waals surface area contributed by atoms with Crippen LogP contribution in [0.1, 0.15) is 51.4 Å². The van der Waals surface area contributed by atoms with Crippen LogP contribution in [0.5, 0.6) is 0 Å². The molecule has 206 valence electrons. The van der Waals surface area contributed by atoms with Crippen LogP contribution in [-0.4, -0.2) is 91.2 Å². The van der Waals surface area contributed by atoms with E-state index in [1.165, 1.54) is 38.4 Å². The molecule has 35 heavy (non-hydrogen) atoms. The summed E-state index contributed by atoms with van der Waals surface area (Å²) < 4.78 is 10.1. The molecule has 0 amide bonds. The molecular weight excluding hydrogens is 468 g/mol. The van der Waals surface area contributed by atoms with Gasteiger partial charge >= 0.3 is 5.97 Å². The largest absolute Gasteiger partial charge is 0.460 e. The molecule has 0 heterocycles. The van der Waals surface area contributed by atoms with Crippen molar-refractivity contribution in [2.24, 2.45) is 0 Å². The van der Waals surface area contributed by atoms with Crippen molar-refractivity contribution in [2.45, 2.75) is 51.4 Å². The van der Waals surface area contributed by atoms with Gasteiger partial charge in [0.25, 0.3) is 6.29 Å². The molecule has 0 unspecified atom stereocenters. The predicted molar refractivity (Wildman–Crippen MR) is 134 cm³/mol. The van der Waals surface area contributed by atoms with E-state index in [1.54, 1.807) is 0 Å². The van der Waals surface area contributed by atoms with Gasteiger partial charge in [-0.1, -0.05) is 38.7 Å². The molecule has 12 heteroatoms. The number of hydrogen-bond donors (Lipinski definition) is 0. The second-order valence-electron chi connectivity index (χ2n) is 4.43. The highest BCUT2D eigenvalue weighted by Gasteiger charge is 1.96. The number of hydrogen-bond acceptors (Lipinski definition) is 11. The van der Waals surface area contributed by atoms with Crippen LogP contribution in [-0.2, 0) is 52.6 Å². The predicted octanol–water partition coefficient (Wildman–Crippen LogP) is 1.55. The van der Waals surface area contributed by atoms with Gasteiger partial charge in [-0.25, -0.2) is 4.79 Å². The van der Waals surface area contributed by atoms with Crippen LogP contribution in [0.3, 0.4) is 0 Å². The molecule has 0 aliphatic rings. The molecule has 0 fully saturated rings. The van der Waals surface area contributed by atoms with Gasteiger partial charge in [0.2, 0.25) is 0 Å². The van der Waals surface area contributed by atoms with Crippen molar-refractivity contribution in [1.29, 1.82) is 0 Å². The fourth-order valence-corrected chi connectivity index (χ4v) is 1.69. The Hall–Kier alpha value is -3.80. The fraction of sp³-hybridized carbons (Fsp3) is 0.478. The average Bonchev–Trinajstić information content (AvgIpc) is 2.99. The van der Waals surface area contributed by atoms with Gasteiger partial charge in [-0.15, -0.1) is 0 Å². The number of ether oxygens (including phenoxy) is 2. The maximum Gasteiger partial charge on any atom is 0.330 e. The third-order valence-corrected chi connectivity index (χ3v) is 2.76. The first-order valence-corrected chi connectivity index (χ1v) is 9.45. The summed E-state index contributed by atoms with van der Waals surface area (Å²) in [6.07, 6.45) is 11.4. The normalized spacial score (nSPS) is 6.40. The molecule has 0 aliphatic heterocycles. The summed E-state index contributed by atoms with van der Waals surface area (Å²) in [5, 5.41) is 0. The van der Waals surface area contributed by atoms with Gasteiger partial charge in [-0.05, 0) is 12.8 Å². The summed E-state index contributed by atoms with van der Waals surface area (Å²) in [5.41, 5.74) is 0. The minimum Gasteiger partial charge on any atom is -0.460 e. The van der Waals surface area contributed by atoms with Gasteiger partial charge < -0.3 is 47.8 Å². The molecule has 0 spiro atoms. The second kappa shape index (κ2) is 128. The highest BCUT2D eigenvalue weighted by molar-refractivity contribution is 5.81. The summed E-state index contributed by atoms with van der Waals surface area (Å²) in [4.78, 5) is 83.2. The Labute approximate surface area is 208 Å². The van der Waals surface area contributed by atoms with E-state index in [2.05, 4.69) is 6.58 Å². The minimum absolute atomic E-state index is 0.298. The van der Waals surface area contributed by atoms with E-state index >= 15 is 0 Å². The zero-order valence-electron chi connectivity index (χ0n) is 20.7. The van der Waals surface area contributed by atoms with Crippen molar-refractivity contribution in [3.63, 3.8) is 0 Å². The van der Waals surface area contributed by atoms with Gasteiger partial charge in [0.15, 0.2) is 0 Å². The zero-order valence-corrected chi connectivity index (χ0v) is 20.7. The first-order chi connectivity index (χ1) is 17.3. The van der Waals surface area contributed by atoms with E-state index in [0.717, 1.165) is 31.9 Å². The molecule has 0 atom stereocenters. The van der Waals surface area contributed by atoms with E-state index in [1.807, 2.05) is 54.3 Å². The molecule has 0 aliphatic carbocycles. The van der Waals surface area contributed by atoms with Crippen LogP contribution >= 0.6 is 0 Å². The smallest absolute Gasteiger partial charge is 0.330 e. The van der Waals surface area contributed by atoms with Crippen LogP contribution in [0, 0.1) is 0 Å². The van der Waals surface area contributed by atoms with Crippen molar-refractivity contribution < 1.29 is 57.4 Å². The Balaban J connectivity index is -0.0000000508. The van der Waals surface area contributed by atoms with E-state index in [-0.39, 0.29) is 0 Å². The first-order valence-electron chi connectivity index (χ1n) is 9.45. The molecule has 0 saturated heterocycles. The number of carbonyl (C=O) groups is 9. The van der Waals surface area contributed by atoms with Crippen molar-refractivity contribution in [3.05, 3.63) is 12.7 Å². The first kappa shape index (κ1) is 57.7. The Morgan fingerprint density at radius 3 is 1.23 bits per heavy atom. The Bertz CT molecular complexity index is 333. The molecule has 0 bridgehead atoms. The summed E-state index contributed by atoms with van der Waals surface area (Å²) >= 11 is 0. The molecule has 12 nitrogen and oxygen atoms in total. The lowest BCUT2D eigenvalue weighted by atomic mass is 10.1. The number of rotatable bonds is 14. The Morgan fingerprint density at radius 1 is 0.543 bits per heavy atom. The van der Waals surface area contributed by atoms with Crippen LogP contribution in [0.25, 0.3) is 0 Å². The zero-order chi connectivity index (χ0) is 30.2. The third kappa shape index (κ3) is 138. The molecule has 0 aromatic heterocycles. The van der Waals surface area contributed by atoms with Crippen LogP contribution < -0.4 is 0 Å². The number of aldehydes is 1. The Kier molecular flexibility index (Phi) is 211. The summed E-state index contributed by atoms with van der Waals surface area (Å²) in [5.74, 6) is -0.401. The lowest BCUT2D eigenvalue weighted by molar-refractivity contribution is -0.139. The van der Waals surface area contributed by atoms with E-state index in [9.17, 15) is 4.79 Å². The summed E-state index contributed by atoms with van der Waals surface area (Å²) in [6, 6.07) is 0. The van der Waals surface area contributed by atoms with Gasteiger partial charge in [0.05, 0.1) is 13.0 Å². The number of carbonyl (C=O) groups excluding carboxylic acids is 10. The molecule has 0 rings (SSSR count). The van der Waals surface area contributed by atoms with E-state index in [4.69, 9.17) is 52.6 Å². The van der Waals surface area contributed by atoms with Crippen LogP contribution in [0.2, 0.25) is 0 Å². The SMILES string of the molecule is C=CC(=O)OCCOCCCCCCCCCC=[OH+].C=O.C=O.C=O.C=O.C=O.C=O.C=O.C=O. The number of esters is 1. The van der Waals surface area contributed by atoms with Gasteiger partial charge in [0.1, 0.15) is 60.9 Å². The topological polar surface area (TPSA) is 193 Å². The highest BCUT2D eigenvalue weighted by Crippen LogP contribution is 2.07. The number of unbranched alkanes of at least 4 members (excludes halogenated alkanes) is 7. The molecular formula is C23H43O12+. The maximum atomic E-state index is 10.7. The lowest BCUT2D eigenvalue weighted by Gasteiger charge is -2.04. The minimum atomic E-state index is -0.401. The van der Waals surface area contributed by atoms with Gasteiger partial charge in [-0.3, -0.25) is 4.79 Å². The third-order valence-electron chi connectivity index (χ3n) is 2.76. The molecule has 1 N–H and O–H groups in total. The van der Waals surface area contributed by atoms with Crippen LogP contribution in [0.15, 0.2) is 12.7 Å². The van der Waals surface area contributed by atoms with Crippen LogP contribution in [0.4, 0.5) is 0 Å². The highest BCUT2D eigenvalue weighted by atomic mass is 16.6. The second-order valence-corrected chi connectivity index (χ2v) is 4.43. The standard InChI is InChI=1S/C15H26O4.8CH2O/c1-2-15(17)19-14-13-18-12-10-8-6-4-3-5-7-9-11-16;8*1-2/h2,11H,1,3-10,12-14H2;8*1H2/p+1. The molecule has 0 aromatic carbocycles. The summed E-state index contributed by atoms with van der Waals surface area (Å²) in [7, 11) is 0. The summed E-state index contributed by atoms with van der Waals surface area (Å²) in [6.45, 7) is 20.8. The van der Waals surface area contributed by atoms with E-state index < -0.39 is 5.97 Å². The molecule has 0 saturated carbocycles. The van der Waals surface area contributed by atoms with Crippen molar-refractivity contribution in [1.82, 2.24) is 0 Å². The van der Waals surface area contributed by atoms with Crippen molar-refractivity contribution in [3.8, 4) is 0 Å². The van der Waals surface area contributed by atoms with Crippen molar-refractivity contribution in [2.75, 3.05) is 19.8 Å². The molecule has 0 radical (unpaired) electrons. The Morgan fingerprint density at radius 2 is 0.886 bits per heavy atom. The average molecular weight is 512 g/mol. The molecule has 0 aromatic rings. The quantitative estimate of drug-likeness (QED) is 0.108. The van der Waals surface area contributed by atoms with Gasteiger partial charge in [0, 0.05) is 12.7 Å². The van der Waals surface area contributed by atoms with Crippen molar-refractivity contribution >= 4 is 66.6 Å². The maximum absolute atomic E-state index is 10.7. The van der Waals surface area contributed by atoms with E-state index in [0.29, 0.717) is 13.2 Å². The lowest BCUT2D eigenvalue weighted by Crippen LogP contribution is -2.08.